The molecule has 1 heterocycles. The van der Waals surface area contributed by atoms with Crippen LogP contribution in [0.15, 0.2) is 78.0 Å². The first-order valence-electron chi connectivity index (χ1n) is 10.4. The number of sulfonamides is 1. The molecular weight excluding hydrogens is 456 g/mol. The summed E-state index contributed by atoms with van der Waals surface area (Å²) in [5, 5.41) is 11.9. The molecule has 0 radical (unpaired) electrons. The second kappa shape index (κ2) is 10.1. The van der Waals surface area contributed by atoms with Gasteiger partial charge < -0.3 is 5.32 Å². The number of nitrogens with one attached hydrogen (secondary N) is 2. The number of hydroxylamine groups is 1. The van der Waals surface area contributed by atoms with Crippen molar-refractivity contribution in [3.63, 3.8) is 0 Å². The van der Waals surface area contributed by atoms with Crippen molar-refractivity contribution in [3.05, 3.63) is 89.7 Å². The first-order valence-corrected chi connectivity index (χ1v) is 11.8. The number of nitrogens with zero attached hydrogens (tertiary/aromatic N) is 2. The van der Waals surface area contributed by atoms with Gasteiger partial charge in [-0.2, -0.15) is 4.31 Å². The monoisotopic (exact) mass is 482 g/mol. The van der Waals surface area contributed by atoms with Crippen molar-refractivity contribution in [1.29, 1.82) is 0 Å². The smallest absolute Gasteiger partial charge is 0.264 e. The van der Waals surface area contributed by atoms with E-state index in [2.05, 4.69) is 10.3 Å². The second-order valence-corrected chi connectivity index (χ2v) is 10.1. The van der Waals surface area contributed by atoms with Gasteiger partial charge in [0.25, 0.3) is 11.8 Å². The maximum atomic E-state index is 13.5. The van der Waals surface area contributed by atoms with E-state index in [4.69, 9.17) is 0 Å². The summed E-state index contributed by atoms with van der Waals surface area (Å²) in [7, 11) is -4.19. The Morgan fingerprint density at radius 2 is 1.68 bits per heavy atom. The summed E-state index contributed by atoms with van der Waals surface area (Å²) in [6.45, 7) is 4.55. The highest BCUT2D eigenvalue weighted by molar-refractivity contribution is 7.89. The Morgan fingerprint density at radius 1 is 1.03 bits per heavy atom. The van der Waals surface area contributed by atoms with Crippen molar-refractivity contribution in [2.75, 3.05) is 5.32 Å². The number of carbonyl (C=O) groups excluding carboxylic acids is 2. The Bertz CT molecular complexity index is 1260. The zero-order chi connectivity index (χ0) is 24.9. The highest BCUT2D eigenvalue weighted by Crippen LogP contribution is 2.28. The molecule has 3 aromatic rings. The number of anilines is 1. The van der Waals surface area contributed by atoms with Crippen molar-refractivity contribution < 1.29 is 23.2 Å². The van der Waals surface area contributed by atoms with Crippen molar-refractivity contribution in [1.82, 2.24) is 14.8 Å². The molecule has 2 aromatic carbocycles. The molecule has 0 bridgehead atoms. The van der Waals surface area contributed by atoms with Gasteiger partial charge in [-0.15, -0.1) is 0 Å². The number of hydrogen-bond acceptors (Lipinski definition) is 6. The summed E-state index contributed by atoms with van der Waals surface area (Å²) >= 11 is 0. The fourth-order valence-electron chi connectivity index (χ4n) is 3.24. The van der Waals surface area contributed by atoms with E-state index in [9.17, 15) is 23.2 Å². The lowest BCUT2D eigenvalue weighted by Gasteiger charge is -2.35. The van der Waals surface area contributed by atoms with E-state index in [1.807, 2.05) is 19.1 Å². The van der Waals surface area contributed by atoms with Crippen LogP contribution in [0.25, 0.3) is 0 Å². The lowest BCUT2D eigenvalue weighted by Crippen LogP contribution is -2.56. The summed E-state index contributed by atoms with van der Waals surface area (Å²) < 4.78 is 28.1. The molecule has 0 saturated heterocycles. The molecule has 0 aliphatic carbocycles. The van der Waals surface area contributed by atoms with E-state index >= 15 is 0 Å². The van der Waals surface area contributed by atoms with Crippen molar-refractivity contribution >= 4 is 27.5 Å². The van der Waals surface area contributed by atoms with Gasteiger partial charge in [-0.05, 0) is 68.8 Å². The van der Waals surface area contributed by atoms with Gasteiger partial charge in [0.1, 0.15) is 5.54 Å². The van der Waals surface area contributed by atoms with Crippen LogP contribution in [0.3, 0.4) is 0 Å². The van der Waals surface area contributed by atoms with E-state index in [-0.39, 0.29) is 17.3 Å². The topological polar surface area (TPSA) is 129 Å². The SMILES string of the molecule is Cc1ccc(C(=O)Nc2ccc(S(=O)(=O)N(Cc3cccnc3)C(C)(C)C(=O)NO)cc2)cc1. The van der Waals surface area contributed by atoms with Crippen LogP contribution in [0, 0.1) is 6.92 Å². The van der Waals surface area contributed by atoms with Crippen LogP contribution in [0.2, 0.25) is 0 Å². The molecule has 0 aliphatic rings. The van der Waals surface area contributed by atoms with E-state index in [0.717, 1.165) is 9.87 Å². The number of carbonyl (C=O) groups is 2. The molecule has 0 aliphatic heterocycles. The lowest BCUT2D eigenvalue weighted by molar-refractivity contribution is -0.137. The molecule has 34 heavy (non-hydrogen) atoms. The van der Waals surface area contributed by atoms with Gasteiger partial charge in [-0.3, -0.25) is 19.8 Å². The summed E-state index contributed by atoms with van der Waals surface area (Å²) in [5.41, 5.74) is 2.39. The fraction of sp³-hybridized carbons (Fsp3) is 0.208. The minimum Gasteiger partial charge on any atom is -0.322 e. The van der Waals surface area contributed by atoms with Crippen LogP contribution < -0.4 is 10.8 Å². The number of benzene rings is 2. The molecule has 9 nitrogen and oxygen atoms in total. The number of amides is 2. The van der Waals surface area contributed by atoms with E-state index in [1.165, 1.54) is 49.8 Å². The Morgan fingerprint density at radius 3 is 2.24 bits per heavy atom. The molecule has 0 saturated carbocycles. The molecule has 3 N–H and O–H groups in total. The zero-order valence-electron chi connectivity index (χ0n) is 19.0. The molecule has 0 unspecified atom stereocenters. The van der Waals surface area contributed by atoms with Crippen molar-refractivity contribution in [2.24, 2.45) is 0 Å². The average Bonchev–Trinajstić information content (AvgIpc) is 2.83. The van der Waals surface area contributed by atoms with Gasteiger partial charge in [0.2, 0.25) is 10.0 Å². The van der Waals surface area contributed by atoms with Crippen molar-refractivity contribution in [2.45, 2.75) is 37.8 Å². The Kier molecular flexibility index (Phi) is 7.45. The third-order valence-electron chi connectivity index (χ3n) is 5.34. The van der Waals surface area contributed by atoms with Gasteiger partial charge in [-0.1, -0.05) is 23.8 Å². The summed E-state index contributed by atoms with van der Waals surface area (Å²) in [6, 6.07) is 16.0. The lowest BCUT2D eigenvalue weighted by atomic mass is 10.0. The highest BCUT2D eigenvalue weighted by Gasteiger charge is 2.42. The minimum absolute atomic E-state index is 0.0801. The molecule has 1 aromatic heterocycles. The van der Waals surface area contributed by atoms with E-state index < -0.39 is 21.5 Å². The number of pyridine rings is 1. The fourth-order valence-corrected chi connectivity index (χ4v) is 4.97. The maximum Gasteiger partial charge on any atom is 0.264 e. The summed E-state index contributed by atoms with van der Waals surface area (Å²) in [6.07, 6.45) is 3.05. The molecule has 0 spiro atoms. The number of hydrogen-bond donors (Lipinski definition) is 3. The van der Waals surface area contributed by atoms with Gasteiger partial charge >= 0.3 is 0 Å². The largest absolute Gasteiger partial charge is 0.322 e. The number of aryl methyl sites for hydroxylation is 1. The predicted molar refractivity (Wildman–Crippen MR) is 127 cm³/mol. The third kappa shape index (κ3) is 5.48. The average molecular weight is 483 g/mol. The molecule has 10 heteroatoms. The van der Waals surface area contributed by atoms with Gasteiger partial charge in [0.05, 0.1) is 4.90 Å². The van der Waals surface area contributed by atoms with Crippen LogP contribution in [-0.2, 0) is 21.4 Å². The van der Waals surface area contributed by atoms with Crippen LogP contribution in [0.1, 0.15) is 35.3 Å². The molecule has 3 rings (SSSR count). The first kappa shape index (κ1) is 25.0. The maximum absolute atomic E-state index is 13.5. The standard InChI is InChI=1S/C24H26N4O5S/c1-17-6-8-19(9-7-17)22(29)26-20-10-12-21(13-11-20)34(32,33)28(24(2,3)23(30)27-31)16-18-5-4-14-25-15-18/h4-15,31H,16H2,1-3H3,(H,26,29)(H,27,30). The quantitative estimate of drug-likeness (QED) is 0.334. The van der Waals surface area contributed by atoms with E-state index in [0.29, 0.717) is 16.8 Å². The van der Waals surface area contributed by atoms with E-state index in [1.54, 1.807) is 30.5 Å². The van der Waals surface area contributed by atoms with Gasteiger partial charge in [-0.25, -0.2) is 13.9 Å². The predicted octanol–water partition coefficient (Wildman–Crippen LogP) is 3.12. The molecule has 2 amide bonds. The van der Waals surface area contributed by atoms with Crippen LogP contribution in [-0.4, -0.2) is 40.3 Å². The normalized spacial score (nSPS) is 11.8. The molecule has 0 atom stereocenters. The number of aromatic nitrogens is 1. The molecular formula is C24H26N4O5S. The van der Waals surface area contributed by atoms with Crippen LogP contribution >= 0.6 is 0 Å². The minimum atomic E-state index is -4.19. The van der Waals surface area contributed by atoms with Gasteiger partial charge in [0, 0.05) is 30.2 Å². The van der Waals surface area contributed by atoms with Crippen LogP contribution in [0.4, 0.5) is 5.69 Å². The highest BCUT2D eigenvalue weighted by atomic mass is 32.2. The molecule has 178 valence electrons. The second-order valence-electron chi connectivity index (χ2n) is 8.22. The third-order valence-corrected chi connectivity index (χ3v) is 7.38. The summed E-state index contributed by atoms with van der Waals surface area (Å²) in [5.74, 6) is -1.21. The molecule has 0 fully saturated rings. The Labute approximate surface area is 198 Å². The Balaban J connectivity index is 1.89. The Hall–Kier alpha value is -3.60. The van der Waals surface area contributed by atoms with Crippen molar-refractivity contribution in [3.8, 4) is 0 Å². The summed E-state index contributed by atoms with van der Waals surface area (Å²) in [4.78, 5) is 28.7. The number of rotatable bonds is 8. The van der Waals surface area contributed by atoms with Gasteiger partial charge in [0.15, 0.2) is 0 Å². The van der Waals surface area contributed by atoms with Crippen LogP contribution in [0.5, 0.6) is 0 Å². The first-order chi connectivity index (χ1) is 16.1. The zero-order valence-corrected chi connectivity index (χ0v) is 19.8.